The number of imidazole rings is 1. The van der Waals surface area contributed by atoms with E-state index in [1.54, 1.807) is 6.07 Å². The summed E-state index contributed by atoms with van der Waals surface area (Å²) in [5, 5.41) is 0.830. The van der Waals surface area contributed by atoms with Crippen molar-refractivity contribution in [2.45, 2.75) is 13.0 Å². The standard InChI is InChI=1S/C14H13Cl3N4O3/c15-10-4-2-1-3-9(10)5-6-24-14(23)20-19-11(22)7-21-8-18-12(16)13(21)17/h1-4,8H,5-7H2,(H,19,22)(H,20,23). The van der Waals surface area contributed by atoms with Gasteiger partial charge in [-0.1, -0.05) is 53.0 Å². The van der Waals surface area contributed by atoms with Crippen LogP contribution < -0.4 is 10.9 Å². The fourth-order valence-electron chi connectivity index (χ4n) is 1.76. The van der Waals surface area contributed by atoms with Crippen molar-refractivity contribution in [3.63, 3.8) is 0 Å². The van der Waals surface area contributed by atoms with E-state index in [0.717, 1.165) is 5.56 Å². The number of hydrogen-bond donors (Lipinski definition) is 2. The Bertz CT molecular complexity index is 736. The van der Waals surface area contributed by atoms with E-state index in [1.807, 2.05) is 18.2 Å². The molecule has 2 N–H and O–H groups in total. The first-order valence-electron chi connectivity index (χ1n) is 6.78. The molecule has 7 nitrogen and oxygen atoms in total. The van der Waals surface area contributed by atoms with Crippen molar-refractivity contribution in [2.75, 3.05) is 6.61 Å². The number of carbonyl (C=O) groups is 2. The van der Waals surface area contributed by atoms with Crippen LogP contribution in [-0.4, -0.2) is 28.2 Å². The van der Waals surface area contributed by atoms with E-state index in [9.17, 15) is 9.59 Å². The first kappa shape index (κ1) is 18.4. The summed E-state index contributed by atoms with van der Waals surface area (Å²) in [6.45, 7) is -0.0349. The third kappa shape index (κ3) is 5.30. The molecule has 0 saturated carbocycles. The molecular formula is C14H13Cl3N4O3. The summed E-state index contributed by atoms with van der Waals surface area (Å²) in [6.07, 6.45) is 0.987. The number of hydrazine groups is 1. The van der Waals surface area contributed by atoms with Gasteiger partial charge in [0.1, 0.15) is 11.7 Å². The molecule has 2 aromatic rings. The van der Waals surface area contributed by atoms with Crippen molar-refractivity contribution in [3.05, 3.63) is 51.5 Å². The Labute approximate surface area is 152 Å². The average Bonchev–Trinajstić information content (AvgIpc) is 2.87. The summed E-state index contributed by atoms with van der Waals surface area (Å²) < 4.78 is 6.26. The maximum absolute atomic E-state index is 11.7. The third-order valence-corrected chi connectivity index (χ3v) is 4.05. The molecule has 1 heterocycles. The number of amides is 2. The van der Waals surface area contributed by atoms with Gasteiger partial charge in [-0.3, -0.25) is 10.2 Å². The van der Waals surface area contributed by atoms with E-state index < -0.39 is 12.0 Å². The molecule has 10 heteroatoms. The zero-order valence-electron chi connectivity index (χ0n) is 12.3. The van der Waals surface area contributed by atoms with Crippen LogP contribution in [-0.2, 0) is 22.5 Å². The van der Waals surface area contributed by atoms with Gasteiger partial charge in [-0.05, 0) is 11.6 Å². The minimum atomic E-state index is -0.787. The van der Waals surface area contributed by atoms with Gasteiger partial charge >= 0.3 is 6.09 Å². The number of rotatable bonds is 5. The normalized spacial score (nSPS) is 10.3. The number of nitrogens with one attached hydrogen (secondary N) is 2. The van der Waals surface area contributed by atoms with Gasteiger partial charge in [0.05, 0.1) is 12.9 Å². The Morgan fingerprint density at radius 2 is 1.92 bits per heavy atom. The Morgan fingerprint density at radius 1 is 1.17 bits per heavy atom. The van der Waals surface area contributed by atoms with Crippen molar-refractivity contribution in [3.8, 4) is 0 Å². The second-order valence-corrected chi connectivity index (χ2v) is 5.73. The largest absolute Gasteiger partial charge is 0.448 e. The molecule has 0 spiro atoms. The lowest BCUT2D eigenvalue weighted by Crippen LogP contribution is -2.43. The molecule has 128 valence electrons. The van der Waals surface area contributed by atoms with Crippen LogP contribution in [0, 0.1) is 0 Å². The van der Waals surface area contributed by atoms with Crippen LogP contribution >= 0.6 is 34.8 Å². The topological polar surface area (TPSA) is 85.3 Å². The van der Waals surface area contributed by atoms with E-state index in [2.05, 4.69) is 15.8 Å². The Morgan fingerprint density at radius 3 is 2.58 bits per heavy atom. The van der Waals surface area contributed by atoms with Crippen LogP contribution in [0.2, 0.25) is 15.3 Å². The molecule has 2 amide bonds. The van der Waals surface area contributed by atoms with Crippen molar-refractivity contribution in [2.24, 2.45) is 0 Å². The highest BCUT2D eigenvalue weighted by atomic mass is 35.5. The molecule has 24 heavy (non-hydrogen) atoms. The van der Waals surface area contributed by atoms with Crippen LogP contribution in [0.25, 0.3) is 0 Å². The molecule has 0 bridgehead atoms. The SMILES string of the molecule is O=C(Cn1cnc(Cl)c1Cl)NNC(=O)OCCc1ccccc1Cl. The van der Waals surface area contributed by atoms with Crippen LogP contribution in [0.5, 0.6) is 0 Å². The summed E-state index contributed by atoms with van der Waals surface area (Å²) in [4.78, 5) is 26.9. The second-order valence-electron chi connectivity index (χ2n) is 4.60. The highest BCUT2D eigenvalue weighted by Crippen LogP contribution is 2.19. The zero-order chi connectivity index (χ0) is 17.5. The fraction of sp³-hybridized carbons (Fsp3) is 0.214. The molecule has 0 aliphatic carbocycles. The molecule has 0 radical (unpaired) electrons. The number of nitrogens with zero attached hydrogens (tertiary/aromatic N) is 2. The summed E-state index contributed by atoms with van der Waals surface area (Å²) in [5.41, 5.74) is 5.18. The number of carbonyl (C=O) groups excluding carboxylic acids is 2. The fourth-order valence-corrected chi connectivity index (χ4v) is 2.29. The maximum Gasteiger partial charge on any atom is 0.426 e. The van der Waals surface area contributed by atoms with Gasteiger partial charge in [0, 0.05) is 11.4 Å². The summed E-state index contributed by atoms with van der Waals surface area (Å²) in [7, 11) is 0. The maximum atomic E-state index is 11.7. The molecule has 0 aliphatic rings. The van der Waals surface area contributed by atoms with E-state index >= 15 is 0 Å². The average molecular weight is 392 g/mol. The van der Waals surface area contributed by atoms with E-state index in [0.29, 0.717) is 11.4 Å². The van der Waals surface area contributed by atoms with Gasteiger partial charge in [0.15, 0.2) is 5.15 Å². The Hall–Kier alpha value is -1.96. The number of ether oxygens (including phenoxy) is 1. The summed E-state index contributed by atoms with van der Waals surface area (Å²) in [6, 6.07) is 7.25. The third-order valence-electron chi connectivity index (χ3n) is 2.91. The van der Waals surface area contributed by atoms with Crippen LogP contribution in [0.1, 0.15) is 5.56 Å². The van der Waals surface area contributed by atoms with Gasteiger partial charge in [-0.15, -0.1) is 0 Å². The van der Waals surface area contributed by atoms with Gasteiger partial charge in [-0.2, -0.15) is 0 Å². The Balaban J connectivity index is 1.68. The number of benzene rings is 1. The molecular weight excluding hydrogens is 379 g/mol. The molecule has 0 aliphatic heterocycles. The summed E-state index contributed by atoms with van der Waals surface area (Å²) in [5.74, 6) is -0.519. The highest BCUT2D eigenvalue weighted by Gasteiger charge is 2.11. The number of hydrogen-bond acceptors (Lipinski definition) is 4. The van der Waals surface area contributed by atoms with Gasteiger partial charge < -0.3 is 9.30 Å². The predicted octanol–water partition coefficient (Wildman–Crippen LogP) is 2.84. The lowest BCUT2D eigenvalue weighted by atomic mass is 10.2. The number of aromatic nitrogens is 2. The first-order valence-corrected chi connectivity index (χ1v) is 7.92. The van der Waals surface area contributed by atoms with Crippen LogP contribution in [0.15, 0.2) is 30.6 Å². The van der Waals surface area contributed by atoms with Crippen molar-refractivity contribution in [1.29, 1.82) is 0 Å². The zero-order valence-corrected chi connectivity index (χ0v) is 14.5. The predicted molar refractivity (Wildman–Crippen MR) is 90.0 cm³/mol. The second kappa shape index (κ2) is 8.77. The van der Waals surface area contributed by atoms with Crippen molar-refractivity contribution in [1.82, 2.24) is 20.4 Å². The molecule has 0 unspecified atom stereocenters. The molecule has 1 aromatic carbocycles. The smallest absolute Gasteiger partial charge is 0.426 e. The van der Waals surface area contributed by atoms with E-state index in [1.165, 1.54) is 10.9 Å². The van der Waals surface area contributed by atoms with Gasteiger partial charge in [-0.25, -0.2) is 15.2 Å². The van der Waals surface area contributed by atoms with Gasteiger partial charge in [0.25, 0.3) is 5.91 Å². The van der Waals surface area contributed by atoms with Crippen LogP contribution in [0.3, 0.4) is 0 Å². The van der Waals surface area contributed by atoms with Crippen LogP contribution in [0.4, 0.5) is 4.79 Å². The van der Waals surface area contributed by atoms with Crippen molar-refractivity contribution >= 4 is 46.8 Å². The van der Waals surface area contributed by atoms with E-state index in [4.69, 9.17) is 39.5 Å². The quantitative estimate of drug-likeness (QED) is 0.768. The number of halogens is 3. The van der Waals surface area contributed by atoms with Gasteiger partial charge in [0.2, 0.25) is 0 Å². The van der Waals surface area contributed by atoms with Crippen molar-refractivity contribution < 1.29 is 14.3 Å². The lowest BCUT2D eigenvalue weighted by molar-refractivity contribution is -0.122. The van der Waals surface area contributed by atoms with E-state index in [-0.39, 0.29) is 23.5 Å². The minimum Gasteiger partial charge on any atom is -0.448 e. The Kier molecular flexibility index (Phi) is 6.72. The molecule has 1 aromatic heterocycles. The monoisotopic (exact) mass is 390 g/mol. The lowest BCUT2D eigenvalue weighted by Gasteiger charge is -2.09. The molecule has 0 atom stereocenters. The highest BCUT2D eigenvalue weighted by molar-refractivity contribution is 6.40. The molecule has 2 rings (SSSR count). The summed E-state index contributed by atoms with van der Waals surface area (Å²) >= 11 is 17.5. The minimum absolute atomic E-state index is 0.0939. The molecule has 0 fully saturated rings. The first-order chi connectivity index (χ1) is 11.5. The molecule has 0 saturated heterocycles.